The standard InChI is InChI=1S/C8H13N3/c1-6-7(8(2,3)4)11-10-5-9-6/h5H,1-4H3. The largest absolute Gasteiger partial charge is 0.238 e. The lowest BCUT2D eigenvalue weighted by Gasteiger charge is -2.17. The molecule has 1 aromatic rings. The summed E-state index contributed by atoms with van der Waals surface area (Å²) >= 11 is 0. The van der Waals surface area contributed by atoms with Crippen LogP contribution in [0.3, 0.4) is 0 Å². The van der Waals surface area contributed by atoms with Crippen molar-refractivity contribution in [3.8, 4) is 0 Å². The van der Waals surface area contributed by atoms with Crippen LogP contribution in [0.15, 0.2) is 6.33 Å². The highest BCUT2D eigenvalue weighted by molar-refractivity contribution is 5.15. The molecular weight excluding hydrogens is 138 g/mol. The van der Waals surface area contributed by atoms with E-state index in [1.807, 2.05) is 6.92 Å². The number of nitrogens with zero attached hydrogens (tertiary/aromatic N) is 3. The SMILES string of the molecule is Cc1ncnnc1C(C)(C)C. The lowest BCUT2D eigenvalue weighted by molar-refractivity contribution is 0.547. The highest BCUT2D eigenvalue weighted by atomic mass is 15.1. The van der Waals surface area contributed by atoms with Crippen LogP contribution >= 0.6 is 0 Å². The Labute approximate surface area is 66.9 Å². The molecule has 11 heavy (non-hydrogen) atoms. The van der Waals surface area contributed by atoms with Crippen molar-refractivity contribution in [2.24, 2.45) is 0 Å². The highest BCUT2D eigenvalue weighted by Gasteiger charge is 2.18. The molecule has 0 N–H and O–H groups in total. The van der Waals surface area contributed by atoms with E-state index in [2.05, 4.69) is 36.0 Å². The Morgan fingerprint density at radius 1 is 1.27 bits per heavy atom. The second kappa shape index (κ2) is 2.57. The predicted molar refractivity (Wildman–Crippen MR) is 43.3 cm³/mol. The van der Waals surface area contributed by atoms with Crippen LogP contribution in [-0.2, 0) is 5.41 Å². The van der Waals surface area contributed by atoms with E-state index in [0.717, 1.165) is 11.4 Å². The fourth-order valence-corrected chi connectivity index (χ4v) is 1.02. The summed E-state index contributed by atoms with van der Waals surface area (Å²) in [6.45, 7) is 8.26. The molecule has 0 fully saturated rings. The smallest absolute Gasteiger partial charge is 0.138 e. The summed E-state index contributed by atoms with van der Waals surface area (Å²) < 4.78 is 0. The molecule has 0 saturated carbocycles. The second-order valence-electron chi connectivity index (χ2n) is 3.64. The normalized spacial score (nSPS) is 11.6. The molecule has 0 aromatic carbocycles. The molecule has 3 nitrogen and oxygen atoms in total. The van der Waals surface area contributed by atoms with Crippen LogP contribution in [0.5, 0.6) is 0 Å². The van der Waals surface area contributed by atoms with Gasteiger partial charge in [-0.15, -0.1) is 5.10 Å². The molecule has 0 atom stereocenters. The van der Waals surface area contributed by atoms with Gasteiger partial charge in [-0.1, -0.05) is 20.8 Å². The van der Waals surface area contributed by atoms with E-state index in [9.17, 15) is 0 Å². The second-order valence-corrected chi connectivity index (χ2v) is 3.64. The average molecular weight is 151 g/mol. The van der Waals surface area contributed by atoms with Crippen LogP contribution in [0.2, 0.25) is 0 Å². The van der Waals surface area contributed by atoms with Gasteiger partial charge >= 0.3 is 0 Å². The summed E-state index contributed by atoms with van der Waals surface area (Å²) in [5.74, 6) is 0. The van der Waals surface area contributed by atoms with Gasteiger partial charge in [0.1, 0.15) is 6.33 Å². The topological polar surface area (TPSA) is 38.7 Å². The molecule has 0 unspecified atom stereocenters. The van der Waals surface area contributed by atoms with Gasteiger partial charge in [-0.2, -0.15) is 5.10 Å². The third-order valence-electron chi connectivity index (χ3n) is 1.51. The molecule has 0 radical (unpaired) electrons. The van der Waals surface area contributed by atoms with Crippen molar-refractivity contribution in [3.05, 3.63) is 17.7 Å². The van der Waals surface area contributed by atoms with E-state index in [1.54, 1.807) is 0 Å². The zero-order valence-corrected chi connectivity index (χ0v) is 7.42. The van der Waals surface area contributed by atoms with Crippen LogP contribution < -0.4 is 0 Å². The lowest BCUT2D eigenvalue weighted by Crippen LogP contribution is -2.17. The van der Waals surface area contributed by atoms with E-state index in [-0.39, 0.29) is 5.41 Å². The fraction of sp³-hybridized carbons (Fsp3) is 0.625. The van der Waals surface area contributed by atoms with Gasteiger partial charge in [-0.3, -0.25) is 0 Å². The minimum absolute atomic E-state index is 0.0470. The van der Waals surface area contributed by atoms with E-state index in [0.29, 0.717) is 0 Å². The van der Waals surface area contributed by atoms with Gasteiger partial charge in [0.15, 0.2) is 0 Å². The zero-order valence-electron chi connectivity index (χ0n) is 7.42. The van der Waals surface area contributed by atoms with Crippen molar-refractivity contribution in [2.45, 2.75) is 33.1 Å². The maximum atomic E-state index is 4.07. The van der Waals surface area contributed by atoms with Crippen LogP contribution in [-0.4, -0.2) is 15.2 Å². The van der Waals surface area contributed by atoms with Crippen molar-refractivity contribution in [2.75, 3.05) is 0 Å². The van der Waals surface area contributed by atoms with Crippen LogP contribution in [0.1, 0.15) is 32.2 Å². The van der Waals surface area contributed by atoms with E-state index < -0.39 is 0 Å². The Kier molecular flexibility index (Phi) is 1.89. The van der Waals surface area contributed by atoms with Gasteiger partial charge in [-0.25, -0.2) is 4.98 Å². The average Bonchev–Trinajstić information content (AvgIpc) is 1.86. The summed E-state index contributed by atoms with van der Waals surface area (Å²) in [5, 5.41) is 7.79. The molecule has 0 bridgehead atoms. The fourth-order valence-electron chi connectivity index (χ4n) is 1.02. The number of aryl methyl sites for hydroxylation is 1. The lowest BCUT2D eigenvalue weighted by atomic mass is 9.91. The number of hydrogen-bond acceptors (Lipinski definition) is 3. The molecule has 1 rings (SSSR count). The molecule has 0 aliphatic heterocycles. The van der Waals surface area contributed by atoms with Crippen LogP contribution in [0.4, 0.5) is 0 Å². The summed E-state index contributed by atoms with van der Waals surface area (Å²) in [7, 11) is 0. The highest BCUT2D eigenvalue weighted by Crippen LogP contribution is 2.20. The van der Waals surface area contributed by atoms with E-state index >= 15 is 0 Å². The van der Waals surface area contributed by atoms with Crippen LogP contribution in [0, 0.1) is 6.92 Å². The first-order valence-electron chi connectivity index (χ1n) is 3.66. The maximum Gasteiger partial charge on any atom is 0.138 e. The monoisotopic (exact) mass is 151 g/mol. The van der Waals surface area contributed by atoms with E-state index in [1.165, 1.54) is 6.33 Å². The molecule has 0 amide bonds. The number of aromatic nitrogens is 3. The quantitative estimate of drug-likeness (QED) is 0.563. The molecule has 0 aliphatic carbocycles. The summed E-state index contributed by atoms with van der Waals surface area (Å²) in [6.07, 6.45) is 1.48. The van der Waals surface area contributed by atoms with Gasteiger partial charge < -0.3 is 0 Å². The minimum atomic E-state index is 0.0470. The van der Waals surface area contributed by atoms with Gasteiger partial charge in [-0.05, 0) is 6.92 Å². The number of rotatable bonds is 0. The van der Waals surface area contributed by atoms with E-state index in [4.69, 9.17) is 0 Å². The molecule has 60 valence electrons. The number of hydrogen-bond donors (Lipinski definition) is 0. The summed E-state index contributed by atoms with van der Waals surface area (Å²) in [6, 6.07) is 0. The van der Waals surface area contributed by atoms with Crippen molar-refractivity contribution < 1.29 is 0 Å². The minimum Gasteiger partial charge on any atom is -0.238 e. The first-order chi connectivity index (χ1) is 5.02. The first-order valence-corrected chi connectivity index (χ1v) is 3.66. The predicted octanol–water partition coefficient (Wildman–Crippen LogP) is 1.48. The van der Waals surface area contributed by atoms with Crippen molar-refractivity contribution >= 4 is 0 Å². The van der Waals surface area contributed by atoms with Crippen molar-refractivity contribution in [3.63, 3.8) is 0 Å². The zero-order chi connectivity index (χ0) is 8.48. The Hall–Kier alpha value is -0.990. The van der Waals surface area contributed by atoms with Gasteiger partial charge in [0.05, 0.1) is 11.4 Å². The third-order valence-corrected chi connectivity index (χ3v) is 1.51. The molecule has 3 heteroatoms. The van der Waals surface area contributed by atoms with Gasteiger partial charge in [0.2, 0.25) is 0 Å². The Balaban J connectivity index is 3.14. The summed E-state index contributed by atoms with van der Waals surface area (Å²) in [4.78, 5) is 4.07. The molecule has 0 aliphatic rings. The molecular formula is C8H13N3. The molecule has 1 aromatic heterocycles. The van der Waals surface area contributed by atoms with Crippen molar-refractivity contribution in [1.29, 1.82) is 0 Å². The Bertz CT molecular complexity index is 250. The molecule has 0 saturated heterocycles. The first kappa shape index (κ1) is 8.11. The van der Waals surface area contributed by atoms with Crippen molar-refractivity contribution in [1.82, 2.24) is 15.2 Å². The van der Waals surface area contributed by atoms with Gasteiger partial charge in [0, 0.05) is 5.41 Å². The molecule has 1 heterocycles. The summed E-state index contributed by atoms with van der Waals surface area (Å²) in [5.41, 5.74) is 1.98. The van der Waals surface area contributed by atoms with Gasteiger partial charge in [0.25, 0.3) is 0 Å². The third kappa shape index (κ3) is 1.73. The Morgan fingerprint density at radius 2 is 1.91 bits per heavy atom. The Morgan fingerprint density at radius 3 is 2.27 bits per heavy atom. The molecule has 0 spiro atoms. The van der Waals surface area contributed by atoms with Crippen LogP contribution in [0.25, 0.3) is 0 Å². The maximum absolute atomic E-state index is 4.07.